The van der Waals surface area contributed by atoms with E-state index in [1.807, 2.05) is 6.92 Å². The van der Waals surface area contributed by atoms with Crippen LogP contribution in [-0.4, -0.2) is 41.7 Å². The lowest BCUT2D eigenvalue weighted by molar-refractivity contribution is -0.133. The zero-order chi connectivity index (χ0) is 23.0. The number of aryl methyl sites for hydroxylation is 1. The van der Waals surface area contributed by atoms with Crippen molar-refractivity contribution in [1.29, 1.82) is 0 Å². The summed E-state index contributed by atoms with van der Waals surface area (Å²) in [5, 5.41) is 5.27. The van der Waals surface area contributed by atoms with Crippen LogP contribution in [0.1, 0.15) is 30.9 Å². The molecule has 2 aliphatic heterocycles. The average molecular weight is 438 g/mol. The van der Waals surface area contributed by atoms with Crippen LogP contribution >= 0.6 is 0 Å². The Bertz CT molecular complexity index is 1120. The summed E-state index contributed by atoms with van der Waals surface area (Å²) in [5.74, 6) is -1.52. The van der Waals surface area contributed by atoms with Gasteiger partial charge < -0.3 is 15.5 Å². The number of carbonyl (C=O) groups is 4. The van der Waals surface area contributed by atoms with Crippen molar-refractivity contribution in [3.05, 3.63) is 59.4 Å². The number of hydrogen-bond donors (Lipinski definition) is 2. The van der Waals surface area contributed by atoms with Crippen LogP contribution < -0.4 is 15.5 Å². The third-order valence-corrected chi connectivity index (χ3v) is 5.84. The van der Waals surface area contributed by atoms with Crippen LogP contribution in [0.3, 0.4) is 0 Å². The van der Waals surface area contributed by atoms with Crippen LogP contribution in [-0.2, 0) is 19.9 Å². The van der Waals surface area contributed by atoms with Crippen LogP contribution in [0.2, 0.25) is 0 Å². The van der Waals surface area contributed by atoms with Crippen molar-refractivity contribution < 1.29 is 23.6 Å². The number of halogens is 1. The van der Waals surface area contributed by atoms with Gasteiger partial charge in [0.05, 0.1) is 0 Å². The fraction of sp³-hybridized carbons (Fsp3) is 0.304. The zero-order valence-corrected chi connectivity index (χ0v) is 17.8. The highest BCUT2D eigenvalue weighted by Gasteiger charge is 2.49. The molecule has 0 radical (unpaired) electrons. The number of benzene rings is 2. The lowest BCUT2D eigenvalue weighted by Gasteiger charge is -2.22. The third kappa shape index (κ3) is 3.81. The summed E-state index contributed by atoms with van der Waals surface area (Å²) in [6, 6.07) is 9.75. The number of amides is 5. The van der Waals surface area contributed by atoms with E-state index in [-0.39, 0.29) is 5.91 Å². The van der Waals surface area contributed by atoms with Crippen LogP contribution in [0, 0.1) is 12.7 Å². The first-order valence-electron chi connectivity index (χ1n) is 10.3. The summed E-state index contributed by atoms with van der Waals surface area (Å²) in [6.45, 7) is 3.57. The summed E-state index contributed by atoms with van der Waals surface area (Å²) < 4.78 is 13.2. The van der Waals surface area contributed by atoms with E-state index < -0.39 is 35.7 Å². The number of urea groups is 1. The molecule has 0 aliphatic carbocycles. The second kappa shape index (κ2) is 8.07. The number of hydrogen-bond acceptors (Lipinski definition) is 4. The molecule has 1 unspecified atom stereocenters. The molecule has 9 heteroatoms. The van der Waals surface area contributed by atoms with Gasteiger partial charge in [0, 0.05) is 24.3 Å². The Kier molecular flexibility index (Phi) is 5.41. The first kappa shape index (κ1) is 21.5. The van der Waals surface area contributed by atoms with E-state index in [0.717, 1.165) is 22.6 Å². The maximum Gasteiger partial charge on any atom is 0.325 e. The highest BCUT2D eigenvalue weighted by Crippen LogP contribution is 2.30. The Balaban J connectivity index is 1.44. The number of anilines is 2. The van der Waals surface area contributed by atoms with Crippen molar-refractivity contribution in [2.75, 3.05) is 23.3 Å². The van der Waals surface area contributed by atoms with Gasteiger partial charge in [0.25, 0.3) is 5.91 Å². The van der Waals surface area contributed by atoms with Gasteiger partial charge in [0.1, 0.15) is 17.9 Å². The van der Waals surface area contributed by atoms with Crippen LogP contribution in [0.25, 0.3) is 0 Å². The molecule has 2 aliphatic rings. The number of rotatable bonds is 5. The van der Waals surface area contributed by atoms with E-state index in [1.54, 1.807) is 23.1 Å². The molecule has 0 spiro atoms. The van der Waals surface area contributed by atoms with Crippen LogP contribution in [0.4, 0.5) is 20.6 Å². The molecule has 2 saturated heterocycles. The predicted molar refractivity (Wildman–Crippen MR) is 115 cm³/mol. The Morgan fingerprint density at radius 1 is 1.16 bits per heavy atom. The van der Waals surface area contributed by atoms with Crippen molar-refractivity contribution in [1.82, 2.24) is 10.2 Å². The van der Waals surface area contributed by atoms with Crippen molar-refractivity contribution in [3.8, 4) is 0 Å². The highest BCUT2D eigenvalue weighted by molar-refractivity contribution is 6.10. The molecule has 0 saturated carbocycles. The van der Waals surface area contributed by atoms with Gasteiger partial charge >= 0.3 is 6.03 Å². The molecule has 8 nitrogen and oxygen atoms in total. The standard InChI is InChI=1S/C23H23FN4O4/c1-14-12-17(9-10-18(14)27-11-3-4-20(27)30)25-19(29)13-28-21(31)23(2,26-22(28)32)15-5-7-16(24)8-6-15/h5-10,12H,3-4,11,13H2,1-2H3,(H,25,29)(H,26,32). The molecule has 4 rings (SSSR count). The van der Waals surface area contributed by atoms with E-state index in [9.17, 15) is 23.6 Å². The molecule has 0 bridgehead atoms. The van der Waals surface area contributed by atoms with Gasteiger partial charge in [-0.05, 0) is 61.7 Å². The zero-order valence-electron chi connectivity index (χ0n) is 17.8. The lowest BCUT2D eigenvalue weighted by Crippen LogP contribution is -2.42. The summed E-state index contributed by atoms with van der Waals surface area (Å²) in [5.41, 5.74) is 1.16. The number of imide groups is 1. The minimum atomic E-state index is -1.38. The Morgan fingerprint density at radius 3 is 2.50 bits per heavy atom. The van der Waals surface area contributed by atoms with E-state index in [2.05, 4.69) is 10.6 Å². The third-order valence-electron chi connectivity index (χ3n) is 5.84. The molecule has 0 aromatic heterocycles. The molecule has 5 amide bonds. The summed E-state index contributed by atoms with van der Waals surface area (Å²) in [4.78, 5) is 52.4. The molecule has 2 N–H and O–H groups in total. The molecule has 2 heterocycles. The number of nitrogens with zero attached hydrogens (tertiary/aromatic N) is 2. The topological polar surface area (TPSA) is 98.8 Å². The molecular formula is C23H23FN4O4. The predicted octanol–water partition coefficient (Wildman–Crippen LogP) is 2.67. The minimum absolute atomic E-state index is 0.0765. The van der Waals surface area contributed by atoms with Gasteiger partial charge in [-0.15, -0.1) is 0 Å². The van der Waals surface area contributed by atoms with E-state index in [4.69, 9.17) is 0 Å². The fourth-order valence-electron chi connectivity index (χ4n) is 4.10. The minimum Gasteiger partial charge on any atom is -0.325 e. The second-order valence-electron chi connectivity index (χ2n) is 8.15. The van der Waals surface area contributed by atoms with Crippen molar-refractivity contribution in [2.24, 2.45) is 0 Å². The lowest BCUT2D eigenvalue weighted by atomic mass is 9.92. The molecule has 1 atom stereocenters. The van der Waals surface area contributed by atoms with Gasteiger partial charge in [-0.2, -0.15) is 0 Å². The SMILES string of the molecule is Cc1cc(NC(=O)CN2C(=O)NC(C)(c3ccc(F)cc3)C2=O)ccc1N1CCCC1=O. The van der Waals surface area contributed by atoms with Crippen LogP contribution in [0.5, 0.6) is 0 Å². The molecule has 32 heavy (non-hydrogen) atoms. The van der Waals surface area contributed by atoms with Crippen molar-refractivity contribution >= 4 is 35.1 Å². The van der Waals surface area contributed by atoms with Gasteiger partial charge in [-0.1, -0.05) is 12.1 Å². The van der Waals surface area contributed by atoms with E-state index in [0.29, 0.717) is 24.2 Å². The molecule has 2 fully saturated rings. The van der Waals surface area contributed by atoms with E-state index in [1.165, 1.54) is 31.2 Å². The Labute approximate surface area is 184 Å². The van der Waals surface area contributed by atoms with Gasteiger partial charge in [0.15, 0.2) is 0 Å². The molecule has 2 aromatic carbocycles. The maximum absolute atomic E-state index is 13.2. The highest BCUT2D eigenvalue weighted by atomic mass is 19.1. The normalized spacial score (nSPS) is 20.7. The van der Waals surface area contributed by atoms with Gasteiger partial charge in [-0.25, -0.2) is 9.18 Å². The molecular weight excluding hydrogens is 415 g/mol. The largest absolute Gasteiger partial charge is 0.325 e. The second-order valence-corrected chi connectivity index (χ2v) is 8.15. The van der Waals surface area contributed by atoms with Gasteiger partial charge in [-0.3, -0.25) is 19.3 Å². The van der Waals surface area contributed by atoms with Crippen LogP contribution in [0.15, 0.2) is 42.5 Å². The monoisotopic (exact) mass is 438 g/mol. The average Bonchev–Trinajstić information content (AvgIpc) is 3.25. The summed E-state index contributed by atoms with van der Waals surface area (Å²) >= 11 is 0. The first-order valence-corrected chi connectivity index (χ1v) is 10.3. The van der Waals surface area contributed by atoms with Crippen molar-refractivity contribution in [2.45, 2.75) is 32.2 Å². The summed E-state index contributed by atoms with van der Waals surface area (Å²) in [7, 11) is 0. The smallest absolute Gasteiger partial charge is 0.325 e. The molecule has 2 aromatic rings. The first-order chi connectivity index (χ1) is 15.2. The van der Waals surface area contributed by atoms with Gasteiger partial charge in [0.2, 0.25) is 11.8 Å². The Hall–Kier alpha value is -3.75. The van der Waals surface area contributed by atoms with E-state index >= 15 is 0 Å². The maximum atomic E-state index is 13.2. The summed E-state index contributed by atoms with van der Waals surface area (Å²) in [6.07, 6.45) is 1.35. The number of carbonyl (C=O) groups excluding carboxylic acids is 4. The van der Waals surface area contributed by atoms with Crippen molar-refractivity contribution in [3.63, 3.8) is 0 Å². The fourth-order valence-corrected chi connectivity index (χ4v) is 4.10. The quantitative estimate of drug-likeness (QED) is 0.701. The Morgan fingerprint density at radius 2 is 1.88 bits per heavy atom. The molecule has 166 valence electrons. The number of nitrogens with one attached hydrogen (secondary N) is 2.